The lowest BCUT2D eigenvalue weighted by Gasteiger charge is -2.14. The van der Waals surface area contributed by atoms with Crippen LogP contribution in [0.5, 0.6) is 11.5 Å². The molecule has 2 aromatic carbocycles. The van der Waals surface area contributed by atoms with Gasteiger partial charge in [0.1, 0.15) is 6.61 Å². The van der Waals surface area contributed by atoms with Gasteiger partial charge in [0.15, 0.2) is 11.5 Å². The zero-order valence-corrected chi connectivity index (χ0v) is 14.4. The van der Waals surface area contributed by atoms with Crippen LogP contribution in [0.1, 0.15) is 11.1 Å². The summed E-state index contributed by atoms with van der Waals surface area (Å²) in [7, 11) is 3.46. The molecule has 2 aromatic rings. The molecule has 122 valence electrons. The van der Waals surface area contributed by atoms with Crippen LogP contribution in [0.15, 0.2) is 40.9 Å². The van der Waals surface area contributed by atoms with Crippen molar-refractivity contribution in [3.8, 4) is 11.5 Å². The molecule has 0 fully saturated rings. The Labute approximate surface area is 142 Å². The van der Waals surface area contributed by atoms with Crippen LogP contribution >= 0.6 is 15.9 Å². The van der Waals surface area contributed by atoms with Crippen LogP contribution < -0.4 is 14.8 Å². The smallest absolute Gasteiger partial charge is 0.269 e. The summed E-state index contributed by atoms with van der Waals surface area (Å²) in [6.45, 7) is 1.01. The summed E-state index contributed by atoms with van der Waals surface area (Å²) in [4.78, 5) is 10.2. The second-order valence-corrected chi connectivity index (χ2v) is 5.69. The van der Waals surface area contributed by atoms with Gasteiger partial charge in [-0.05, 0) is 42.4 Å². The van der Waals surface area contributed by atoms with E-state index in [-0.39, 0.29) is 5.69 Å². The Morgan fingerprint density at radius 3 is 2.48 bits per heavy atom. The van der Waals surface area contributed by atoms with Crippen molar-refractivity contribution in [3.05, 3.63) is 62.1 Å². The van der Waals surface area contributed by atoms with Crippen molar-refractivity contribution < 1.29 is 14.4 Å². The van der Waals surface area contributed by atoms with Gasteiger partial charge in [-0.2, -0.15) is 0 Å². The number of nitro groups is 1. The Kier molecular flexibility index (Phi) is 5.95. The highest BCUT2D eigenvalue weighted by Crippen LogP contribution is 2.34. The van der Waals surface area contributed by atoms with Gasteiger partial charge in [0, 0.05) is 23.2 Å². The molecule has 2 rings (SSSR count). The number of ether oxygens (including phenoxy) is 2. The van der Waals surface area contributed by atoms with Crippen LogP contribution in [-0.2, 0) is 13.2 Å². The summed E-state index contributed by atoms with van der Waals surface area (Å²) in [6.07, 6.45) is 0. The lowest BCUT2D eigenvalue weighted by Crippen LogP contribution is -2.06. The minimum Gasteiger partial charge on any atom is -0.493 e. The fraction of sp³-hybridized carbons (Fsp3) is 0.250. The van der Waals surface area contributed by atoms with E-state index in [9.17, 15) is 10.1 Å². The van der Waals surface area contributed by atoms with E-state index in [0.717, 1.165) is 15.6 Å². The zero-order valence-electron chi connectivity index (χ0n) is 12.8. The fourth-order valence-electron chi connectivity index (χ4n) is 2.05. The summed E-state index contributed by atoms with van der Waals surface area (Å²) in [5.41, 5.74) is 1.96. The van der Waals surface area contributed by atoms with E-state index in [4.69, 9.17) is 9.47 Å². The highest BCUT2D eigenvalue weighted by Gasteiger charge is 2.11. The van der Waals surface area contributed by atoms with Crippen LogP contribution in [0.2, 0.25) is 0 Å². The van der Waals surface area contributed by atoms with Crippen molar-refractivity contribution in [2.75, 3.05) is 14.2 Å². The normalized spacial score (nSPS) is 10.4. The van der Waals surface area contributed by atoms with Crippen LogP contribution in [0.25, 0.3) is 0 Å². The molecule has 0 heterocycles. The van der Waals surface area contributed by atoms with E-state index in [2.05, 4.69) is 21.2 Å². The second kappa shape index (κ2) is 7.94. The second-order valence-electron chi connectivity index (χ2n) is 4.84. The summed E-state index contributed by atoms with van der Waals surface area (Å²) in [5.74, 6) is 1.25. The maximum absolute atomic E-state index is 10.6. The minimum atomic E-state index is -0.425. The van der Waals surface area contributed by atoms with E-state index in [1.165, 1.54) is 12.1 Å². The standard InChI is InChI=1S/C16H17BrN2O4/c1-18-9-12-7-15(22-2)16(8-14(12)17)23-10-11-3-5-13(6-4-11)19(20)21/h3-8,18H,9-10H2,1-2H3. The van der Waals surface area contributed by atoms with Crippen LogP contribution in [0, 0.1) is 10.1 Å². The molecule has 7 heteroatoms. The molecule has 0 aromatic heterocycles. The number of methoxy groups -OCH3 is 1. The lowest BCUT2D eigenvalue weighted by atomic mass is 10.2. The largest absolute Gasteiger partial charge is 0.493 e. The van der Waals surface area contributed by atoms with E-state index < -0.39 is 4.92 Å². The van der Waals surface area contributed by atoms with Gasteiger partial charge in [0.25, 0.3) is 5.69 Å². The third-order valence-corrected chi connectivity index (χ3v) is 3.98. The number of rotatable bonds is 7. The zero-order chi connectivity index (χ0) is 16.8. The first-order valence-electron chi connectivity index (χ1n) is 6.92. The molecule has 0 radical (unpaired) electrons. The summed E-state index contributed by atoms with van der Waals surface area (Å²) < 4.78 is 12.1. The van der Waals surface area contributed by atoms with Crippen molar-refractivity contribution in [2.45, 2.75) is 13.2 Å². The molecule has 0 bridgehead atoms. The molecule has 0 atom stereocenters. The van der Waals surface area contributed by atoms with Gasteiger partial charge in [-0.1, -0.05) is 15.9 Å². The molecule has 0 unspecified atom stereocenters. The average molecular weight is 381 g/mol. The molecule has 0 aliphatic rings. The predicted molar refractivity (Wildman–Crippen MR) is 90.9 cm³/mol. The number of hydrogen-bond acceptors (Lipinski definition) is 5. The van der Waals surface area contributed by atoms with Crippen molar-refractivity contribution in [1.82, 2.24) is 5.32 Å². The molecular formula is C16H17BrN2O4. The van der Waals surface area contributed by atoms with Gasteiger partial charge >= 0.3 is 0 Å². The Hall–Kier alpha value is -2.12. The quantitative estimate of drug-likeness (QED) is 0.585. The third kappa shape index (κ3) is 4.43. The SMILES string of the molecule is CNCc1cc(OC)c(OCc2ccc([N+](=O)[O-])cc2)cc1Br. The van der Waals surface area contributed by atoms with E-state index in [0.29, 0.717) is 24.7 Å². The molecule has 0 spiro atoms. The average Bonchev–Trinajstić information content (AvgIpc) is 2.55. The van der Waals surface area contributed by atoms with Crippen LogP contribution in [-0.4, -0.2) is 19.1 Å². The van der Waals surface area contributed by atoms with Gasteiger partial charge in [0.2, 0.25) is 0 Å². The maximum atomic E-state index is 10.6. The summed E-state index contributed by atoms with van der Waals surface area (Å²) in [6, 6.07) is 10.0. The van der Waals surface area contributed by atoms with Crippen molar-refractivity contribution >= 4 is 21.6 Å². The fourth-order valence-corrected chi connectivity index (χ4v) is 2.51. The van der Waals surface area contributed by atoms with E-state index in [1.807, 2.05) is 19.2 Å². The lowest BCUT2D eigenvalue weighted by molar-refractivity contribution is -0.384. The molecular weight excluding hydrogens is 364 g/mol. The van der Waals surface area contributed by atoms with Gasteiger partial charge in [-0.3, -0.25) is 10.1 Å². The molecule has 0 saturated heterocycles. The molecule has 1 N–H and O–H groups in total. The number of halogens is 1. The van der Waals surface area contributed by atoms with Gasteiger partial charge in [-0.25, -0.2) is 0 Å². The van der Waals surface area contributed by atoms with Crippen molar-refractivity contribution in [1.29, 1.82) is 0 Å². The van der Waals surface area contributed by atoms with Gasteiger partial charge in [0.05, 0.1) is 12.0 Å². The Balaban J connectivity index is 2.13. The summed E-state index contributed by atoms with van der Waals surface area (Å²) >= 11 is 3.51. The number of nitrogens with zero attached hydrogens (tertiary/aromatic N) is 1. The first-order chi connectivity index (χ1) is 11.0. The Morgan fingerprint density at radius 1 is 1.22 bits per heavy atom. The number of nitro benzene ring substituents is 1. The number of hydrogen-bond donors (Lipinski definition) is 1. The highest BCUT2D eigenvalue weighted by atomic mass is 79.9. The number of benzene rings is 2. The Bertz CT molecular complexity index is 689. The highest BCUT2D eigenvalue weighted by molar-refractivity contribution is 9.10. The monoisotopic (exact) mass is 380 g/mol. The third-order valence-electron chi connectivity index (χ3n) is 3.24. The Morgan fingerprint density at radius 2 is 1.91 bits per heavy atom. The first-order valence-corrected chi connectivity index (χ1v) is 7.71. The van der Waals surface area contributed by atoms with Gasteiger partial charge < -0.3 is 14.8 Å². The van der Waals surface area contributed by atoms with Crippen molar-refractivity contribution in [2.24, 2.45) is 0 Å². The van der Waals surface area contributed by atoms with E-state index >= 15 is 0 Å². The minimum absolute atomic E-state index is 0.0606. The molecule has 23 heavy (non-hydrogen) atoms. The predicted octanol–water partition coefficient (Wildman–Crippen LogP) is 3.66. The van der Waals surface area contributed by atoms with E-state index in [1.54, 1.807) is 19.2 Å². The topological polar surface area (TPSA) is 73.6 Å². The number of nitrogens with one attached hydrogen (secondary N) is 1. The summed E-state index contributed by atoms with van der Waals surface area (Å²) in [5, 5.41) is 13.7. The molecule has 0 aliphatic heterocycles. The van der Waals surface area contributed by atoms with Gasteiger partial charge in [-0.15, -0.1) is 0 Å². The molecule has 0 aliphatic carbocycles. The molecule has 6 nitrogen and oxygen atoms in total. The van der Waals surface area contributed by atoms with Crippen LogP contribution in [0.4, 0.5) is 5.69 Å². The van der Waals surface area contributed by atoms with Crippen LogP contribution in [0.3, 0.4) is 0 Å². The van der Waals surface area contributed by atoms with Crippen molar-refractivity contribution in [3.63, 3.8) is 0 Å². The molecule has 0 amide bonds. The maximum Gasteiger partial charge on any atom is 0.269 e. The number of non-ortho nitro benzene ring substituents is 1. The first kappa shape index (κ1) is 17.2. The molecule has 0 saturated carbocycles.